The van der Waals surface area contributed by atoms with E-state index in [1.54, 1.807) is 11.3 Å². The van der Waals surface area contributed by atoms with E-state index in [9.17, 15) is 0 Å². The fraction of sp³-hybridized carbons (Fsp3) is 0.300. The van der Waals surface area contributed by atoms with Gasteiger partial charge in [-0.05, 0) is 19.1 Å². The molecular weight excluding hydrogens is 166 g/mol. The molecule has 1 heterocycles. The predicted octanol–water partition coefficient (Wildman–Crippen LogP) is 3.88. The molecule has 1 nitrogen and oxygen atoms in total. The van der Waals surface area contributed by atoms with Gasteiger partial charge in [-0.2, -0.15) is 0 Å². The molecule has 0 unspecified atom stereocenters. The maximum Gasteiger partial charge on any atom is 0.0907 e. The van der Waals surface area contributed by atoms with Gasteiger partial charge >= 0.3 is 0 Å². The topological polar surface area (TPSA) is 12.9 Å². The summed E-state index contributed by atoms with van der Waals surface area (Å²) < 4.78 is 1.28. The summed E-state index contributed by atoms with van der Waals surface area (Å²) in [6.45, 7) is 2.03. The average Bonchev–Trinajstić information content (AvgIpc) is 2.27. The van der Waals surface area contributed by atoms with Gasteiger partial charge in [0, 0.05) is 0 Å². The summed E-state index contributed by atoms with van der Waals surface area (Å²) in [6, 6.07) is 8.19. The number of hydrogen-bond donors (Lipinski definition) is 0. The highest BCUT2D eigenvalue weighted by molar-refractivity contribution is 7.18. The molecule has 0 saturated heterocycles. The number of aromatic nitrogens is 1. The van der Waals surface area contributed by atoms with E-state index in [0.29, 0.717) is 0 Å². The number of para-hydroxylation sites is 1. The summed E-state index contributed by atoms with van der Waals surface area (Å²) in [5, 5.41) is 1.14. The lowest BCUT2D eigenvalue weighted by atomic mass is 10.3. The van der Waals surface area contributed by atoms with E-state index in [2.05, 4.69) is 11.1 Å². The van der Waals surface area contributed by atoms with Crippen molar-refractivity contribution in [1.82, 2.24) is 4.98 Å². The standard InChI is InChI=1S/C8H7NS.2CH4/c1-6-9-7-4-2-3-5-8(7)10-6;;/h2-5H,1H3;2*1H4. The largest absolute Gasteiger partial charge is 0.242 e. The fourth-order valence-electron chi connectivity index (χ4n) is 0.987. The second-order valence-corrected chi connectivity index (χ2v) is 3.44. The fourth-order valence-corrected chi connectivity index (χ4v) is 1.81. The first-order chi connectivity index (χ1) is 4.86. The molecule has 66 valence electrons. The molecule has 0 amide bonds. The quantitative estimate of drug-likeness (QED) is 0.601. The Labute approximate surface area is 78.1 Å². The number of benzene rings is 1. The lowest BCUT2D eigenvalue weighted by Gasteiger charge is -1.80. The van der Waals surface area contributed by atoms with Gasteiger partial charge in [-0.3, -0.25) is 0 Å². The molecule has 0 aliphatic heterocycles. The molecule has 2 rings (SSSR count). The van der Waals surface area contributed by atoms with Crippen LogP contribution in [0.1, 0.15) is 19.9 Å². The van der Waals surface area contributed by atoms with Crippen LogP contribution in [0.3, 0.4) is 0 Å². The van der Waals surface area contributed by atoms with E-state index in [1.165, 1.54) is 4.70 Å². The van der Waals surface area contributed by atoms with Crippen molar-refractivity contribution in [3.63, 3.8) is 0 Å². The van der Waals surface area contributed by atoms with Crippen LogP contribution in [-0.2, 0) is 0 Å². The summed E-state index contributed by atoms with van der Waals surface area (Å²) in [6.07, 6.45) is 0. The Morgan fingerprint density at radius 2 is 1.83 bits per heavy atom. The second-order valence-electron chi connectivity index (χ2n) is 2.20. The second kappa shape index (κ2) is 4.21. The van der Waals surface area contributed by atoms with Crippen molar-refractivity contribution < 1.29 is 0 Å². The molecule has 0 spiro atoms. The van der Waals surface area contributed by atoms with Crippen molar-refractivity contribution >= 4 is 21.6 Å². The molecule has 0 aliphatic rings. The van der Waals surface area contributed by atoms with Crippen molar-refractivity contribution in [3.8, 4) is 0 Å². The van der Waals surface area contributed by atoms with E-state index < -0.39 is 0 Å². The zero-order chi connectivity index (χ0) is 6.97. The lowest BCUT2D eigenvalue weighted by Crippen LogP contribution is -1.65. The van der Waals surface area contributed by atoms with Gasteiger partial charge in [0.05, 0.1) is 15.2 Å². The van der Waals surface area contributed by atoms with Crippen molar-refractivity contribution in [1.29, 1.82) is 0 Å². The molecule has 0 atom stereocenters. The van der Waals surface area contributed by atoms with Crippen LogP contribution in [0, 0.1) is 6.92 Å². The maximum atomic E-state index is 4.33. The maximum absolute atomic E-state index is 4.33. The van der Waals surface area contributed by atoms with Gasteiger partial charge in [-0.15, -0.1) is 11.3 Å². The predicted molar refractivity (Wildman–Crippen MR) is 57.8 cm³/mol. The van der Waals surface area contributed by atoms with Gasteiger partial charge in [0.2, 0.25) is 0 Å². The van der Waals surface area contributed by atoms with Crippen LogP contribution >= 0.6 is 11.3 Å². The number of thiazole rings is 1. The minimum absolute atomic E-state index is 0. The van der Waals surface area contributed by atoms with Gasteiger partial charge in [0.1, 0.15) is 0 Å². The molecule has 1 aromatic carbocycles. The Balaban J connectivity index is 0.000000605. The van der Waals surface area contributed by atoms with Gasteiger partial charge in [0.25, 0.3) is 0 Å². The van der Waals surface area contributed by atoms with Crippen LogP contribution in [0.5, 0.6) is 0 Å². The van der Waals surface area contributed by atoms with E-state index >= 15 is 0 Å². The molecule has 2 aromatic rings. The number of rotatable bonds is 0. The first-order valence-electron chi connectivity index (χ1n) is 3.18. The molecule has 2 heteroatoms. The first kappa shape index (κ1) is 11.1. The summed E-state index contributed by atoms with van der Waals surface area (Å²) in [5.41, 5.74) is 1.12. The SMILES string of the molecule is C.C.Cc1nc2ccccc2s1. The van der Waals surface area contributed by atoms with Crippen molar-refractivity contribution in [2.45, 2.75) is 21.8 Å². The third kappa shape index (κ3) is 1.83. The van der Waals surface area contributed by atoms with E-state index in [4.69, 9.17) is 0 Å². The normalized spacial score (nSPS) is 8.75. The van der Waals surface area contributed by atoms with Crippen LogP contribution < -0.4 is 0 Å². The summed E-state index contributed by atoms with van der Waals surface area (Å²) in [7, 11) is 0. The molecule has 0 saturated carbocycles. The molecule has 0 radical (unpaired) electrons. The lowest BCUT2D eigenvalue weighted by molar-refractivity contribution is 1.35. The third-order valence-corrected chi connectivity index (χ3v) is 2.35. The van der Waals surface area contributed by atoms with Gasteiger partial charge < -0.3 is 0 Å². The Morgan fingerprint density at radius 1 is 1.17 bits per heavy atom. The number of fused-ring (bicyclic) bond motifs is 1. The highest BCUT2D eigenvalue weighted by atomic mass is 32.1. The minimum atomic E-state index is 0. The zero-order valence-electron chi connectivity index (χ0n) is 5.66. The van der Waals surface area contributed by atoms with Gasteiger partial charge in [0.15, 0.2) is 0 Å². The Morgan fingerprint density at radius 3 is 2.50 bits per heavy atom. The van der Waals surface area contributed by atoms with Crippen LogP contribution in [0.2, 0.25) is 0 Å². The third-order valence-electron chi connectivity index (χ3n) is 1.40. The number of hydrogen-bond acceptors (Lipinski definition) is 2. The molecule has 0 aliphatic carbocycles. The molecule has 0 fully saturated rings. The summed E-state index contributed by atoms with van der Waals surface area (Å²) in [5.74, 6) is 0. The minimum Gasteiger partial charge on any atom is -0.242 e. The monoisotopic (exact) mass is 181 g/mol. The van der Waals surface area contributed by atoms with E-state index in [0.717, 1.165) is 10.5 Å². The average molecular weight is 181 g/mol. The highest BCUT2D eigenvalue weighted by Gasteiger charge is 1.95. The smallest absolute Gasteiger partial charge is 0.0907 e. The molecule has 1 aromatic heterocycles. The van der Waals surface area contributed by atoms with E-state index in [-0.39, 0.29) is 14.9 Å². The molecule has 0 bridgehead atoms. The number of nitrogens with zero attached hydrogens (tertiary/aromatic N) is 1. The number of aryl methyl sites for hydroxylation is 1. The van der Waals surface area contributed by atoms with Gasteiger partial charge in [-0.1, -0.05) is 27.0 Å². The molecule has 0 N–H and O–H groups in total. The molecule has 12 heavy (non-hydrogen) atoms. The summed E-state index contributed by atoms with van der Waals surface area (Å²) in [4.78, 5) is 4.33. The Hall–Kier alpha value is -0.890. The van der Waals surface area contributed by atoms with Crippen LogP contribution in [0.25, 0.3) is 10.2 Å². The molecular formula is C10H15NS. The highest BCUT2D eigenvalue weighted by Crippen LogP contribution is 2.19. The van der Waals surface area contributed by atoms with Crippen molar-refractivity contribution in [2.75, 3.05) is 0 Å². The Bertz CT molecular complexity index is 318. The van der Waals surface area contributed by atoms with Gasteiger partial charge in [-0.25, -0.2) is 4.98 Å². The van der Waals surface area contributed by atoms with Crippen LogP contribution in [-0.4, -0.2) is 4.98 Å². The van der Waals surface area contributed by atoms with Crippen LogP contribution in [0.15, 0.2) is 24.3 Å². The first-order valence-corrected chi connectivity index (χ1v) is 4.00. The Kier molecular flexibility index (Phi) is 3.90. The van der Waals surface area contributed by atoms with Crippen LogP contribution in [0.4, 0.5) is 0 Å². The van der Waals surface area contributed by atoms with E-state index in [1.807, 2.05) is 25.1 Å². The van der Waals surface area contributed by atoms with Crippen molar-refractivity contribution in [3.05, 3.63) is 29.3 Å². The summed E-state index contributed by atoms with van der Waals surface area (Å²) >= 11 is 1.74. The van der Waals surface area contributed by atoms with Crippen molar-refractivity contribution in [2.24, 2.45) is 0 Å². The zero-order valence-corrected chi connectivity index (χ0v) is 6.48.